The molecule has 0 aromatic heterocycles. The zero-order valence-corrected chi connectivity index (χ0v) is 9.21. The van der Waals surface area contributed by atoms with Crippen LogP contribution in [0.15, 0.2) is 35.2 Å². The third kappa shape index (κ3) is 4.51. The molecule has 0 aliphatic carbocycles. The Labute approximate surface area is 90.9 Å². The third-order valence-electron chi connectivity index (χ3n) is 1.64. The van der Waals surface area contributed by atoms with Gasteiger partial charge < -0.3 is 4.74 Å². The van der Waals surface area contributed by atoms with Crippen molar-refractivity contribution in [2.75, 3.05) is 20.3 Å². The van der Waals surface area contributed by atoms with Crippen LogP contribution in [0.5, 0.6) is 0 Å². The van der Waals surface area contributed by atoms with Gasteiger partial charge in [-0.25, -0.2) is 8.60 Å². The van der Waals surface area contributed by atoms with Crippen molar-refractivity contribution in [3.63, 3.8) is 0 Å². The number of hydrogen-bond donors (Lipinski definition) is 0. The van der Waals surface area contributed by atoms with Gasteiger partial charge in [0.15, 0.2) is 11.1 Å². The Balaban J connectivity index is 2.37. The number of alkyl halides is 1. The second-order valence-electron chi connectivity index (χ2n) is 2.88. The number of rotatable bonds is 6. The molecule has 1 aromatic carbocycles. The average molecular weight is 232 g/mol. The molecule has 0 fully saturated rings. The van der Waals surface area contributed by atoms with Gasteiger partial charge >= 0.3 is 0 Å². The van der Waals surface area contributed by atoms with Gasteiger partial charge in [0.05, 0.1) is 18.1 Å². The zero-order chi connectivity index (χ0) is 11.1. The van der Waals surface area contributed by atoms with E-state index in [-0.39, 0.29) is 13.2 Å². The van der Waals surface area contributed by atoms with Crippen molar-refractivity contribution in [2.45, 2.75) is 11.1 Å². The van der Waals surface area contributed by atoms with Gasteiger partial charge in [-0.3, -0.25) is 4.18 Å². The summed E-state index contributed by atoms with van der Waals surface area (Å²) in [5.74, 6) is 0. The summed E-state index contributed by atoms with van der Waals surface area (Å²) < 4.78 is 33.8. The van der Waals surface area contributed by atoms with Crippen LogP contribution >= 0.6 is 0 Å². The molecule has 2 unspecified atom stereocenters. The molecule has 0 heterocycles. The summed E-state index contributed by atoms with van der Waals surface area (Å²) in [5.41, 5.74) is 0. The molecule has 0 aliphatic heterocycles. The number of benzene rings is 1. The molecule has 0 bridgehead atoms. The molecule has 3 nitrogen and oxygen atoms in total. The summed E-state index contributed by atoms with van der Waals surface area (Å²) in [6.07, 6.45) is -1.25. The van der Waals surface area contributed by atoms with E-state index in [0.29, 0.717) is 4.90 Å². The van der Waals surface area contributed by atoms with Gasteiger partial charge in [0.1, 0.15) is 6.17 Å². The second kappa shape index (κ2) is 6.66. The van der Waals surface area contributed by atoms with Crippen molar-refractivity contribution >= 4 is 11.1 Å². The SMILES string of the molecule is COCC(F)COS(=O)c1ccccc1. The Hall–Kier alpha value is -0.780. The molecule has 0 N–H and O–H groups in total. The molecule has 84 valence electrons. The van der Waals surface area contributed by atoms with E-state index >= 15 is 0 Å². The van der Waals surface area contributed by atoms with Crippen LogP contribution < -0.4 is 0 Å². The molecule has 15 heavy (non-hydrogen) atoms. The topological polar surface area (TPSA) is 35.5 Å². The minimum Gasteiger partial charge on any atom is -0.382 e. The monoisotopic (exact) mass is 232 g/mol. The predicted molar refractivity (Wildman–Crippen MR) is 55.6 cm³/mol. The van der Waals surface area contributed by atoms with E-state index in [1.165, 1.54) is 7.11 Å². The summed E-state index contributed by atoms with van der Waals surface area (Å²) in [6.45, 7) is -0.276. The van der Waals surface area contributed by atoms with Crippen LogP contribution in [0, 0.1) is 0 Å². The van der Waals surface area contributed by atoms with Crippen molar-refractivity contribution in [2.24, 2.45) is 0 Å². The summed E-state index contributed by atoms with van der Waals surface area (Å²) in [4.78, 5) is 0.530. The molecule has 5 heteroatoms. The highest BCUT2D eigenvalue weighted by atomic mass is 32.2. The van der Waals surface area contributed by atoms with Crippen LogP contribution in [0.25, 0.3) is 0 Å². The molecule has 0 radical (unpaired) electrons. The number of halogens is 1. The van der Waals surface area contributed by atoms with Gasteiger partial charge in [-0.2, -0.15) is 0 Å². The second-order valence-corrected chi connectivity index (χ2v) is 4.06. The maximum absolute atomic E-state index is 12.9. The summed E-state index contributed by atoms with van der Waals surface area (Å²) in [7, 11) is 1.40. The minimum atomic E-state index is -1.60. The maximum atomic E-state index is 12.9. The van der Waals surface area contributed by atoms with Gasteiger partial charge in [-0.1, -0.05) is 18.2 Å². The highest BCUT2D eigenvalue weighted by molar-refractivity contribution is 7.80. The fourth-order valence-electron chi connectivity index (χ4n) is 0.964. The maximum Gasteiger partial charge on any atom is 0.189 e. The summed E-state index contributed by atoms with van der Waals surface area (Å²) in [5, 5.41) is 0. The molecule has 2 atom stereocenters. The minimum absolute atomic E-state index is 0.0496. The molecule has 0 aliphatic rings. The zero-order valence-electron chi connectivity index (χ0n) is 8.39. The smallest absolute Gasteiger partial charge is 0.189 e. The Bertz CT molecular complexity index is 305. The Kier molecular flexibility index (Phi) is 5.45. The van der Waals surface area contributed by atoms with Crippen LogP contribution in [0.3, 0.4) is 0 Å². The van der Waals surface area contributed by atoms with Crippen molar-refractivity contribution in [3.8, 4) is 0 Å². The summed E-state index contributed by atoms with van der Waals surface area (Å²) in [6, 6.07) is 8.64. The average Bonchev–Trinajstić information content (AvgIpc) is 2.27. The van der Waals surface area contributed by atoms with Crippen LogP contribution in [-0.2, 0) is 20.0 Å². The highest BCUT2D eigenvalue weighted by Gasteiger charge is 2.10. The standard InChI is InChI=1S/C10H13FO3S/c1-13-7-9(11)8-14-15(12)10-5-3-2-4-6-10/h2-6,9H,7-8H2,1H3. The normalized spacial score (nSPS) is 14.8. The predicted octanol–water partition coefficient (Wildman–Crippen LogP) is 1.71. The van der Waals surface area contributed by atoms with Gasteiger partial charge in [-0.05, 0) is 12.1 Å². The molecular formula is C10H13FO3S. The molecule has 0 saturated carbocycles. The Morgan fingerprint density at radius 1 is 1.33 bits per heavy atom. The molecule has 0 amide bonds. The molecule has 1 aromatic rings. The largest absolute Gasteiger partial charge is 0.382 e. The lowest BCUT2D eigenvalue weighted by Crippen LogP contribution is -2.17. The van der Waals surface area contributed by atoms with E-state index in [1.807, 2.05) is 6.07 Å². The number of hydrogen-bond acceptors (Lipinski definition) is 3. The molecule has 1 rings (SSSR count). The van der Waals surface area contributed by atoms with Crippen LogP contribution in [-0.4, -0.2) is 30.7 Å². The molecule has 0 spiro atoms. The fraction of sp³-hybridized carbons (Fsp3) is 0.400. The van der Waals surface area contributed by atoms with Crippen molar-refractivity contribution < 1.29 is 17.5 Å². The summed E-state index contributed by atoms with van der Waals surface area (Å²) >= 11 is -1.60. The van der Waals surface area contributed by atoms with Gasteiger partial charge in [-0.15, -0.1) is 0 Å². The van der Waals surface area contributed by atoms with Crippen LogP contribution in [0.4, 0.5) is 4.39 Å². The third-order valence-corrected chi connectivity index (χ3v) is 2.65. The van der Waals surface area contributed by atoms with E-state index < -0.39 is 17.3 Å². The highest BCUT2D eigenvalue weighted by Crippen LogP contribution is 2.07. The number of ether oxygens (including phenoxy) is 1. The van der Waals surface area contributed by atoms with E-state index in [0.717, 1.165) is 0 Å². The number of methoxy groups -OCH3 is 1. The van der Waals surface area contributed by atoms with Crippen molar-refractivity contribution in [3.05, 3.63) is 30.3 Å². The lowest BCUT2D eigenvalue weighted by atomic mass is 10.4. The molecular weight excluding hydrogens is 219 g/mol. The first-order valence-electron chi connectivity index (χ1n) is 4.47. The first kappa shape index (κ1) is 12.3. The van der Waals surface area contributed by atoms with E-state index in [1.54, 1.807) is 24.3 Å². The van der Waals surface area contributed by atoms with Crippen molar-refractivity contribution in [1.82, 2.24) is 0 Å². The van der Waals surface area contributed by atoms with Crippen LogP contribution in [0.1, 0.15) is 0 Å². The Morgan fingerprint density at radius 3 is 2.60 bits per heavy atom. The lowest BCUT2D eigenvalue weighted by Gasteiger charge is -2.07. The lowest BCUT2D eigenvalue weighted by molar-refractivity contribution is 0.0936. The Morgan fingerprint density at radius 2 is 2.00 bits per heavy atom. The van der Waals surface area contributed by atoms with Gasteiger partial charge in [0, 0.05) is 7.11 Å². The van der Waals surface area contributed by atoms with E-state index in [4.69, 9.17) is 4.18 Å². The van der Waals surface area contributed by atoms with Crippen molar-refractivity contribution in [1.29, 1.82) is 0 Å². The van der Waals surface area contributed by atoms with E-state index in [9.17, 15) is 8.60 Å². The van der Waals surface area contributed by atoms with Gasteiger partial charge in [0.25, 0.3) is 0 Å². The first-order valence-corrected chi connectivity index (χ1v) is 5.54. The van der Waals surface area contributed by atoms with Gasteiger partial charge in [0.2, 0.25) is 0 Å². The molecule has 0 saturated heterocycles. The van der Waals surface area contributed by atoms with E-state index in [2.05, 4.69) is 4.74 Å². The van der Waals surface area contributed by atoms with Crippen LogP contribution in [0.2, 0.25) is 0 Å². The first-order chi connectivity index (χ1) is 7.24. The fourth-order valence-corrected chi connectivity index (χ4v) is 1.75. The quantitative estimate of drug-likeness (QED) is 0.749.